The average molecular weight is 825 g/mol. The Kier molecular flexibility index (Phi) is 10.4. The highest BCUT2D eigenvalue weighted by molar-refractivity contribution is 6.23. The molecule has 0 saturated carbocycles. The number of carbonyl (C=O) groups excluding carboxylic acids is 4. The number of aliphatic hydroxyl groups is 1. The first kappa shape index (κ1) is 39.9. The van der Waals surface area contributed by atoms with Crippen LogP contribution in [0.15, 0.2) is 84.3 Å². The molecule has 4 aliphatic heterocycles. The van der Waals surface area contributed by atoms with Gasteiger partial charge in [-0.15, -0.1) is 6.58 Å². The maximum atomic E-state index is 13.4. The van der Waals surface area contributed by atoms with Crippen molar-refractivity contribution in [1.29, 1.82) is 0 Å². The second kappa shape index (κ2) is 15.8. The van der Waals surface area contributed by atoms with Crippen LogP contribution in [0, 0.1) is 5.92 Å². The third kappa shape index (κ3) is 7.61. The molecule has 16 heteroatoms. The van der Waals surface area contributed by atoms with E-state index in [-0.39, 0.29) is 24.9 Å². The quantitative estimate of drug-likeness (QED) is 0.127. The highest BCUT2D eigenvalue weighted by Crippen LogP contribution is 2.34. The van der Waals surface area contributed by atoms with Crippen LogP contribution in [-0.4, -0.2) is 102 Å². The molecule has 0 aliphatic carbocycles. The molecule has 0 radical (unpaired) electrons. The van der Waals surface area contributed by atoms with E-state index in [0.717, 1.165) is 68.3 Å². The summed E-state index contributed by atoms with van der Waals surface area (Å²) >= 11 is 0. The number of piperidine rings is 2. The van der Waals surface area contributed by atoms with E-state index in [9.17, 15) is 29.1 Å². The molecular formula is C45H48N10O6. The van der Waals surface area contributed by atoms with Crippen LogP contribution in [0.25, 0.3) is 16.9 Å². The zero-order chi connectivity index (χ0) is 42.6. The van der Waals surface area contributed by atoms with E-state index in [1.165, 1.54) is 16.4 Å². The molecule has 3 saturated heterocycles. The number of amides is 4. The van der Waals surface area contributed by atoms with Gasteiger partial charge in [0.25, 0.3) is 17.4 Å². The van der Waals surface area contributed by atoms with Crippen LogP contribution >= 0.6 is 0 Å². The molecule has 314 valence electrons. The summed E-state index contributed by atoms with van der Waals surface area (Å²) in [4.78, 5) is 83.8. The zero-order valence-corrected chi connectivity index (χ0v) is 34.2. The number of hydrogen-bond donors (Lipinski definition) is 3. The SMILES string of the molecule is C=CCn1c(=O)c2cnc(Nc3ccc(C4CCN(C[C@@H]5CCN(c6ccc7c(c6)C(=O)N(C6CCC(=O)NC6=O)C7=O)C5)CC4)cc3)nc2n1-c1cccc(C(C)(C)O)n1. The largest absolute Gasteiger partial charge is 0.384 e. The van der Waals surface area contributed by atoms with Crippen molar-refractivity contribution >= 4 is 52.0 Å². The van der Waals surface area contributed by atoms with Gasteiger partial charge in [-0.05, 0) is 112 Å². The van der Waals surface area contributed by atoms with Gasteiger partial charge in [0.2, 0.25) is 17.8 Å². The molecule has 3 aromatic heterocycles. The number of pyridine rings is 1. The van der Waals surface area contributed by atoms with Crippen molar-refractivity contribution in [2.24, 2.45) is 5.92 Å². The lowest BCUT2D eigenvalue weighted by Gasteiger charge is -2.34. The molecule has 0 bridgehead atoms. The average Bonchev–Trinajstić information content (AvgIpc) is 3.90. The number of carbonyl (C=O) groups is 4. The summed E-state index contributed by atoms with van der Waals surface area (Å²) in [6.45, 7) is 12.1. The molecule has 16 nitrogen and oxygen atoms in total. The van der Waals surface area contributed by atoms with Crippen molar-refractivity contribution < 1.29 is 24.3 Å². The molecule has 1 unspecified atom stereocenters. The summed E-state index contributed by atoms with van der Waals surface area (Å²) in [5, 5.41) is 16.5. The fourth-order valence-electron chi connectivity index (χ4n) is 9.14. The van der Waals surface area contributed by atoms with E-state index >= 15 is 0 Å². The number of likely N-dealkylation sites (tertiary alicyclic amines) is 1. The Bertz CT molecular complexity index is 2640. The number of rotatable bonds is 11. The van der Waals surface area contributed by atoms with E-state index < -0.39 is 35.3 Å². The van der Waals surface area contributed by atoms with Gasteiger partial charge >= 0.3 is 0 Å². The number of anilines is 3. The number of imide groups is 2. The summed E-state index contributed by atoms with van der Waals surface area (Å²) in [6.07, 6.45) is 6.51. The summed E-state index contributed by atoms with van der Waals surface area (Å²) in [5.41, 5.74) is 2.99. The fourth-order valence-corrected chi connectivity index (χ4v) is 9.14. The number of allylic oxidation sites excluding steroid dienone is 1. The van der Waals surface area contributed by atoms with Crippen LogP contribution in [-0.2, 0) is 21.7 Å². The summed E-state index contributed by atoms with van der Waals surface area (Å²) < 4.78 is 3.14. The smallest absolute Gasteiger partial charge is 0.278 e. The van der Waals surface area contributed by atoms with Crippen LogP contribution < -0.4 is 21.1 Å². The highest BCUT2D eigenvalue weighted by atomic mass is 16.3. The Morgan fingerprint density at radius 3 is 2.43 bits per heavy atom. The predicted octanol–water partition coefficient (Wildman–Crippen LogP) is 4.24. The van der Waals surface area contributed by atoms with Crippen molar-refractivity contribution in [3.63, 3.8) is 0 Å². The Morgan fingerprint density at radius 1 is 0.918 bits per heavy atom. The first-order valence-electron chi connectivity index (χ1n) is 20.9. The van der Waals surface area contributed by atoms with E-state index in [1.54, 1.807) is 54.9 Å². The normalized spacial score (nSPS) is 20.1. The lowest BCUT2D eigenvalue weighted by molar-refractivity contribution is -0.136. The Labute approximate surface area is 351 Å². The Hall–Kier alpha value is -6.52. The first-order chi connectivity index (χ1) is 29.4. The van der Waals surface area contributed by atoms with Gasteiger partial charge in [0.05, 0.1) is 23.4 Å². The molecule has 7 heterocycles. The topological polar surface area (TPSA) is 188 Å². The van der Waals surface area contributed by atoms with Crippen LogP contribution in [0.2, 0.25) is 0 Å². The molecule has 0 spiro atoms. The number of nitrogens with one attached hydrogen (secondary N) is 2. The molecular weight excluding hydrogens is 777 g/mol. The van der Waals surface area contributed by atoms with Gasteiger partial charge in [-0.1, -0.05) is 24.3 Å². The van der Waals surface area contributed by atoms with Crippen molar-refractivity contribution in [2.75, 3.05) is 42.9 Å². The second-order valence-electron chi connectivity index (χ2n) is 17.0. The van der Waals surface area contributed by atoms with Crippen molar-refractivity contribution in [2.45, 2.75) is 70.1 Å². The van der Waals surface area contributed by atoms with Crippen LogP contribution in [0.1, 0.15) is 83.8 Å². The van der Waals surface area contributed by atoms with Gasteiger partial charge in [0.15, 0.2) is 11.5 Å². The van der Waals surface area contributed by atoms with Gasteiger partial charge in [-0.25, -0.2) is 19.3 Å². The van der Waals surface area contributed by atoms with Gasteiger partial charge < -0.3 is 20.2 Å². The number of aromatic nitrogens is 5. The predicted molar refractivity (Wildman–Crippen MR) is 228 cm³/mol. The molecule has 4 aliphatic rings. The third-order valence-corrected chi connectivity index (χ3v) is 12.4. The fraction of sp³-hybridized carbons (Fsp3) is 0.378. The third-order valence-electron chi connectivity index (χ3n) is 12.4. The van der Waals surface area contributed by atoms with E-state index in [2.05, 4.69) is 49.1 Å². The molecule has 9 rings (SSSR count). The van der Waals surface area contributed by atoms with Crippen LogP contribution in [0.5, 0.6) is 0 Å². The van der Waals surface area contributed by atoms with Crippen molar-refractivity contribution in [3.05, 3.63) is 112 Å². The molecule has 3 N–H and O–H groups in total. The minimum absolute atomic E-state index is 0.0883. The standard InChI is InChI=1S/C45H48N10O6/c1-4-19-53-41(58)34-24-46-44(50-39(34)55(53)37-7-5-6-36(48-37)45(2,3)61)47-30-10-8-28(9-11-30)29-17-20-51(21-18-29)25-27-16-22-52(26-27)31-12-13-32-33(23-31)43(60)54(42(32)59)35-14-15-38(56)49-40(35)57/h4-13,23-24,27,29,35,61H,1,14-22,25-26H2,2-3H3,(H,46,47,50)(H,49,56,57)/t27-,35?/m0/s1. The molecule has 2 atom stereocenters. The molecule has 3 fully saturated rings. The molecule has 2 aromatic carbocycles. The van der Waals surface area contributed by atoms with Gasteiger partial charge in [-0.3, -0.25) is 34.2 Å². The van der Waals surface area contributed by atoms with Crippen molar-refractivity contribution in [3.8, 4) is 5.82 Å². The second-order valence-corrected chi connectivity index (χ2v) is 17.0. The lowest BCUT2D eigenvalue weighted by atomic mass is 9.89. The minimum atomic E-state index is -1.18. The van der Waals surface area contributed by atoms with Gasteiger partial charge in [-0.2, -0.15) is 4.98 Å². The van der Waals surface area contributed by atoms with Crippen molar-refractivity contribution in [1.82, 2.24) is 39.4 Å². The van der Waals surface area contributed by atoms with E-state index in [4.69, 9.17) is 4.98 Å². The highest BCUT2D eigenvalue weighted by Gasteiger charge is 2.45. The zero-order valence-electron chi connectivity index (χ0n) is 34.2. The van der Waals surface area contributed by atoms with Gasteiger partial charge in [0, 0.05) is 43.6 Å². The summed E-state index contributed by atoms with van der Waals surface area (Å²) in [6, 6.07) is 18.0. The molecule has 61 heavy (non-hydrogen) atoms. The maximum absolute atomic E-state index is 13.4. The number of hydrogen-bond acceptors (Lipinski definition) is 12. The van der Waals surface area contributed by atoms with E-state index in [0.29, 0.717) is 51.5 Å². The molecule has 4 amide bonds. The minimum Gasteiger partial charge on any atom is -0.384 e. The van der Waals surface area contributed by atoms with E-state index in [1.807, 2.05) is 18.2 Å². The molecule has 5 aromatic rings. The number of benzene rings is 2. The maximum Gasteiger partial charge on any atom is 0.278 e. The lowest BCUT2D eigenvalue weighted by Crippen LogP contribution is -2.54. The summed E-state index contributed by atoms with van der Waals surface area (Å²) in [7, 11) is 0. The van der Waals surface area contributed by atoms with Crippen LogP contribution in [0.3, 0.4) is 0 Å². The Morgan fingerprint density at radius 2 is 1.69 bits per heavy atom. The van der Waals surface area contributed by atoms with Gasteiger partial charge in [0.1, 0.15) is 17.0 Å². The number of fused-ring (bicyclic) bond motifs is 2. The first-order valence-corrected chi connectivity index (χ1v) is 20.9. The Balaban J connectivity index is 0.802. The van der Waals surface area contributed by atoms with Crippen LogP contribution in [0.4, 0.5) is 17.3 Å². The monoisotopic (exact) mass is 824 g/mol. The summed E-state index contributed by atoms with van der Waals surface area (Å²) in [5.74, 6) is -0.297. The number of nitrogens with zero attached hydrogens (tertiary/aromatic N) is 8.